The van der Waals surface area contributed by atoms with Gasteiger partial charge in [-0.25, -0.2) is 4.39 Å². The van der Waals surface area contributed by atoms with Gasteiger partial charge in [0.1, 0.15) is 0 Å². The molecule has 2 nitrogen and oxygen atoms in total. The quantitative estimate of drug-likeness (QED) is 0.886. The van der Waals surface area contributed by atoms with Crippen molar-refractivity contribution in [1.29, 1.82) is 0 Å². The topological polar surface area (TPSA) is 29.5 Å². The summed E-state index contributed by atoms with van der Waals surface area (Å²) < 4.78 is 18.8. The van der Waals surface area contributed by atoms with Gasteiger partial charge < -0.3 is 9.84 Å². The van der Waals surface area contributed by atoms with Crippen LogP contribution in [0.15, 0.2) is 16.6 Å². The second-order valence-electron chi connectivity index (χ2n) is 3.50. The first-order valence-corrected chi connectivity index (χ1v) is 5.12. The Bertz CT molecular complexity index is 351. The molecule has 2 rings (SSSR count). The van der Waals surface area contributed by atoms with Crippen LogP contribution >= 0.6 is 15.9 Å². The van der Waals surface area contributed by atoms with Gasteiger partial charge in [-0.05, 0) is 46.5 Å². The molecule has 0 unspecified atom stereocenters. The number of hydrogen-bond acceptors (Lipinski definition) is 2. The predicted octanol–water partition coefficient (Wildman–Crippen LogP) is 2.58. The summed E-state index contributed by atoms with van der Waals surface area (Å²) in [4.78, 5) is 0. The lowest BCUT2D eigenvalue weighted by molar-refractivity contribution is 0.151. The van der Waals surface area contributed by atoms with Crippen molar-refractivity contribution in [3.05, 3.63) is 28.0 Å². The molecule has 1 aromatic carbocycles. The summed E-state index contributed by atoms with van der Waals surface area (Å²) in [5.74, 6) is -0.268. The Morgan fingerprint density at radius 2 is 2.14 bits per heavy atom. The van der Waals surface area contributed by atoms with Crippen molar-refractivity contribution >= 4 is 15.9 Å². The third-order valence-corrected chi connectivity index (χ3v) is 3.05. The summed E-state index contributed by atoms with van der Waals surface area (Å²) in [6, 6.07) is 3.03. The molecule has 0 heterocycles. The lowest BCUT2D eigenvalue weighted by atomic mass is 10.1. The molecule has 0 saturated heterocycles. The third-order valence-electron chi connectivity index (χ3n) is 2.46. The van der Waals surface area contributed by atoms with Crippen molar-refractivity contribution < 1.29 is 14.2 Å². The van der Waals surface area contributed by atoms with E-state index in [1.807, 2.05) is 0 Å². The molecular formula is C10H10BrFO2. The van der Waals surface area contributed by atoms with E-state index >= 15 is 0 Å². The maximum atomic E-state index is 13.4. The fourth-order valence-corrected chi connectivity index (χ4v) is 2.03. The van der Waals surface area contributed by atoms with Crippen molar-refractivity contribution in [1.82, 2.24) is 0 Å². The van der Waals surface area contributed by atoms with E-state index in [0.29, 0.717) is 22.9 Å². The second kappa shape index (κ2) is 3.21. The van der Waals surface area contributed by atoms with Crippen molar-refractivity contribution in [2.45, 2.75) is 18.4 Å². The fourth-order valence-electron chi connectivity index (χ4n) is 1.43. The summed E-state index contributed by atoms with van der Waals surface area (Å²) in [5, 5.41) is 9.78. The van der Waals surface area contributed by atoms with E-state index in [0.717, 1.165) is 0 Å². The van der Waals surface area contributed by atoms with Gasteiger partial charge in [-0.15, -0.1) is 0 Å². The van der Waals surface area contributed by atoms with Gasteiger partial charge in [-0.2, -0.15) is 0 Å². The smallest absolute Gasteiger partial charge is 0.168 e. The molecular weight excluding hydrogens is 251 g/mol. The van der Waals surface area contributed by atoms with E-state index in [4.69, 9.17) is 4.74 Å². The highest BCUT2D eigenvalue weighted by molar-refractivity contribution is 9.10. The maximum Gasteiger partial charge on any atom is 0.168 e. The molecule has 1 fully saturated rings. The average Bonchev–Trinajstić information content (AvgIpc) is 2.84. The van der Waals surface area contributed by atoms with Gasteiger partial charge in [0, 0.05) is 0 Å². The van der Waals surface area contributed by atoms with Crippen LogP contribution in [0.25, 0.3) is 0 Å². The standard InChI is InChI=1S/C10H10BrFO2/c1-14-9-7(11)4-6(5-8(9)12)10(13)2-3-10/h4-5,13H,2-3H2,1H3. The van der Waals surface area contributed by atoms with E-state index < -0.39 is 11.4 Å². The number of rotatable bonds is 2. The highest BCUT2D eigenvalue weighted by Gasteiger charge is 2.42. The molecule has 0 radical (unpaired) electrons. The van der Waals surface area contributed by atoms with Crippen LogP contribution in [0, 0.1) is 5.82 Å². The van der Waals surface area contributed by atoms with Gasteiger partial charge in [0.05, 0.1) is 17.2 Å². The lowest BCUT2D eigenvalue weighted by Gasteiger charge is -2.11. The number of aliphatic hydroxyl groups is 1. The van der Waals surface area contributed by atoms with E-state index in [2.05, 4.69) is 15.9 Å². The third kappa shape index (κ3) is 1.53. The Morgan fingerprint density at radius 1 is 1.50 bits per heavy atom. The van der Waals surface area contributed by atoms with Crippen LogP contribution < -0.4 is 4.74 Å². The number of benzene rings is 1. The average molecular weight is 261 g/mol. The number of methoxy groups -OCH3 is 1. The SMILES string of the molecule is COc1c(F)cc(C2(O)CC2)cc1Br. The second-order valence-corrected chi connectivity index (χ2v) is 4.36. The van der Waals surface area contributed by atoms with Crippen molar-refractivity contribution in [2.75, 3.05) is 7.11 Å². The first-order chi connectivity index (χ1) is 6.57. The van der Waals surface area contributed by atoms with E-state index in [1.165, 1.54) is 13.2 Å². The van der Waals surface area contributed by atoms with Crippen molar-refractivity contribution in [2.24, 2.45) is 0 Å². The molecule has 0 aliphatic heterocycles. The zero-order valence-corrected chi connectivity index (χ0v) is 9.27. The van der Waals surface area contributed by atoms with Crippen molar-refractivity contribution in [3.8, 4) is 5.75 Å². The van der Waals surface area contributed by atoms with Crippen LogP contribution in [0.1, 0.15) is 18.4 Å². The molecule has 1 aliphatic rings. The number of hydrogen-bond donors (Lipinski definition) is 1. The van der Waals surface area contributed by atoms with Gasteiger partial charge in [-0.3, -0.25) is 0 Å². The first kappa shape index (κ1) is 9.93. The van der Waals surface area contributed by atoms with Crippen LogP contribution in [0.3, 0.4) is 0 Å². The Balaban J connectivity index is 2.47. The van der Waals surface area contributed by atoms with Crippen LogP contribution in [0.2, 0.25) is 0 Å². The van der Waals surface area contributed by atoms with Gasteiger partial charge in [-0.1, -0.05) is 0 Å². The lowest BCUT2D eigenvalue weighted by Crippen LogP contribution is -2.05. The zero-order valence-electron chi connectivity index (χ0n) is 7.68. The summed E-state index contributed by atoms with van der Waals surface area (Å²) in [6.45, 7) is 0. The molecule has 0 atom stereocenters. The van der Waals surface area contributed by atoms with E-state index in [1.54, 1.807) is 6.07 Å². The van der Waals surface area contributed by atoms with E-state index in [-0.39, 0.29) is 5.75 Å². The molecule has 0 spiro atoms. The Hall–Kier alpha value is -0.610. The first-order valence-electron chi connectivity index (χ1n) is 4.33. The maximum absolute atomic E-state index is 13.4. The monoisotopic (exact) mass is 260 g/mol. The van der Waals surface area contributed by atoms with Gasteiger partial charge >= 0.3 is 0 Å². The Labute approximate surface area is 89.8 Å². The molecule has 0 bridgehead atoms. The summed E-state index contributed by atoms with van der Waals surface area (Å²) in [6.07, 6.45) is 1.40. The highest BCUT2D eigenvalue weighted by atomic mass is 79.9. The zero-order chi connectivity index (χ0) is 10.3. The number of halogens is 2. The van der Waals surface area contributed by atoms with Gasteiger partial charge in [0.15, 0.2) is 11.6 Å². The Kier molecular flexibility index (Phi) is 2.27. The minimum atomic E-state index is -0.810. The fraction of sp³-hybridized carbons (Fsp3) is 0.400. The van der Waals surface area contributed by atoms with Gasteiger partial charge in [0.2, 0.25) is 0 Å². The minimum Gasteiger partial charge on any atom is -0.492 e. The van der Waals surface area contributed by atoms with Crippen molar-refractivity contribution in [3.63, 3.8) is 0 Å². The molecule has 0 aromatic heterocycles. The molecule has 14 heavy (non-hydrogen) atoms. The molecule has 1 aliphatic carbocycles. The largest absolute Gasteiger partial charge is 0.492 e. The molecule has 1 aromatic rings. The summed E-state index contributed by atoms with van der Waals surface area (Å²) >= 11 is 3.20. The van der Waals surface area contributed by atoms with Crippen LogP contribution in [-0.4, -0.2) is 12.2 Å². The molecule has 4 heteroatoms. The van der Waals surface area contributed by atoms with Crippen LogP contribution in [-0.2, 0) is 5.60 Å². The van der Waals surface area contributed by atoms with Crippen LogP contribution in [0.4, 0.5) is 4.39 Å². The molecule has 1 N–H and O–H groups in total. The predicted molar refractivity (Wildman–Crippen MR) is 53.8 cm³/mol. The number of ether oxygens (including phenoxy) is 1. The molecule has 1 saturated carbocycles. The molecule has 76 valence electrons. The molecule has 0 amide bonds. The summed E-state index contributed by atoms with van der Waals surface area (Å²) in [5.41, 5.74) is -0.196. The van der Waals surface area contributed by atoms with Gasteiger partial charge in [0.25, 0.3) is 0 Å². The highest BCUT2D eigenvalue weighted by Crippen LogP contribution is 2.47. The van der Waals surface area contributed by atoms with Crippen LogP contribution in [0.5, 0.6) is 5.75 Å². The minimum absolute atomic E-state index is 0.179. The normalized spacial score (nSPS) is 18.0. The Morgan fingerprint density at radius 3 is 2.57 bits per heavy atom. The van der Waals surface area contributed by atoms with E-state index in [9.17, 15) is 9.50 Å². The summed E-state index contributed by atoms with van der Waals surface area (Å²) in [7, 11) is 1.41.